The molecule has 0 spiro atoms. The van der Waals surface area contributed by atoms with Gasteiger partial charge in [0.15, 0.2) is 0 Å². The van der Waals surface area contributed by atoms with Gasteiger partial charge in [0.25, 0.3) is 0 Å². The first kappa shape index (κ1) is 18.2. The number of nitrogens with zero attached hydrogens (tertiary/aromatic N) is 1. The maximum Gasteiger partial charge on any atom is 0.119 e. The number of hydrogen-bond acceptors (Lipinski definition) is 3. The van der Waals surface area contributed by atoms with Crippen molar-refractivity contribution in [2.45, 2.75) is 20.0 Å². The van der Waals surface area contributed by atoms with Crippen molar-refractivity contribution in [1.29, 1.82) is 0 Å². The Labute approximate surface area is 166 Å². The molecular formula is C25H24N2O. The Morgan fingerprint density at radius 2 is 1.75 bits per heavy atom. The highest BCUT2D eigenvalue weighted by molar-refractivity contribution is 5.98. The molecule has 28 heavy (non-hydrogen) atoms. The quantitative estimate of drug-likeness (QED) is 0.487. The molecule has 4 aromatic rings. The van der Waals surface area contributed by atoms with Crippen LogP contribution in [0.1, 0.15) is 16.7 Å². The third kappa shape index (κ3) is 3.90. The van der Waals surface area contributed by atoms with Crippen molar-refractivity contribution in [3.05, 3.63) is 95.8 Å². The number of benzene rings is 3. The lowest BCUT2D eigenvalue weighted by Crippen LogP contribution is -2.13. The van der Waals surface area contributed by atoms with E-state index in [0.717, 1.165) is 18.8 Å². The maximum atomic E-state index is 5.30. The van der Waals surface area contributed by atoms with Gasteiger partial charge in [-0.2, -0.15) is 0 Å². The van der Waals surface area contributed by atoms with Gasteiger partial charge in [-0.05, 0) is 52.8 Å². The number of aromatic nitrogens is 1. The van der Waals surface area contributed by atoms with E-state index >= 15 is 0 Å². The Kier molecular flexibility index (Phi) is 5.36. The summed E-state index contributed by atoms with van der Waals surface area (Å²) < 4.78 is 5.30. The first-order valence-electron chi connectivity index (χ1n) is 9.51. The number of aryl methyl sites for hydroxylation is 1. The number of ether oxygens (including phenoxy) is 1. The lowest BCUT2D eigenvalue weighted by molar-refractivity contribution is 0.414. The first-order chi connectivity index (χ1) is 13.7. The van der Waals surface area contributed by atoms with Crippen LogP contribution in [0.25, 0.3) is 21.9 Å². The molecule has 1 heterocycles. The second-order valence-corrected chi connectivity index (χ2v) is 7.01. The van der Waals surface area contributed by atoms with Crippen molar-refractivity contribution in [1.82, 2.24) is 10.3 Å². The molecule has 0 radical (unpaired) electrons. The summed E-state index contributed by atoms with van der Waals surface area (Å²) in [6.07, 6.45) is 3.84. The Hall–Kier alpha value is -3.17. The van der Waals surface area contributed by atoms with Crippen LogP contribution in [0.3, 0.4) is 0 Å². The van der Waals surface area contributed by atoms with Gasteiger partial charge < -0.3 is 10.1 Å². The average Bonchev–Trinajstić information content (AvgIpc) is 2.75. The molecule has 140 valence electrons. The Bertz CT molecular complexity index is 1090. The molecule has 0 fully saturated rings. The van der Waals surface area contributed by atoms with Crippen LogP contribution in [0.2, 0.25) is 0 Å². The molecule has 4 rings (SSSR count). The summed E-state index contributed by atoms with van der Waals surface area (Å²) in [5.41, 5.74) is 6.21. The van der Waals surface area contributed by atoms with Crippen LogP contribution in [-0.4, -0.2) is 12.1 Å². The van der Waals surface area contributed by atoms with Crippen molar-refractivity contribution in [2.75, 3.05) is 7.11 Å². The summed E-state index contributed by atoms with van der Waals surface area (Å²) in [7, 11) is 1.70. The van der Waals surface area contributed by atoms with Crippen LogP contribution < -0.4 is 10.1 Å². The molecular weight excluding hydrogens is 344 g/mol. The number of nitrogens with one attached hydrogen (secondary N) is 1. The van der Waals surface area contributed by atoms with E-state index < -0.39 is 0 Å². The van der Waals surface area contributed by atoms with Crippen molar-refractivity contribution in [2.24, 2.45) is 0 Å². The molecule has 0 aliphatic heterocycles. The highest BCUT2D eigenvalue weighted by atomic mass is 16.5. The number of rotatable bonds is 6. The van der Waals surface area contributed by atoms with Gasteiger partial charge in [-0.1, -0.05) is 54.1 Å². The molecule has 0 unspecified atom stereocenters. The van der Waals surface area contributed by atoms with Crippen LogP contribution in [-0.2, 0) is 13.1 Å². The lowest BCUT2D eigenvalue weighted by atomic mass is 9.96. The number of hydrogen-bond donors (Lipinski definition) is 1. The second-order valence-electron chi connectivity index (χ2n) is 7.01. The summed E-state index contributed by atoms with van der Waals surface area (Å²) in [5.74, 6) is 0.886. The van der Waals surface area contributed by atoms with Gasteiger partial charge in [-0.15, -0.1) is 0 Å². The Morgan fingerprint density at radius 1 is 0.893 bits per heavy atom. The predicted molar refractivity (Wildman–Crippen MR) is 115 cm³/mol. The van der Waals surface area contributed by atoms with E-state index in [-0.39, 0.29) is 0 Å². The standard InChI is InChI=1S/C25H24N2O/c1-18-6-8-20(9-7-18)23-11-10-21(25-17-26-13-12-24(23)25)16-27-15-19-4-3-5-22(14-19)28-2/h3-14,17,27H,15-16H2,1-2H3. The van der Waals surface area contributed by atoms with E-state index in [1.807, 2.05) is 24.5 Å². The molecule has 0 saturated heterocycles. The summed E-state index contributed by atoms with van der Waals surface area (Å²) in [4.78, 5) is 4.37. The van der Waals surface area contributed by atoms with E-state index in [9.17, 15) is 0 Å². The van der Waals surface area contributed by atoms with Crippen LogP contribution in [0.4, 0.5) is 0 Å². The zero-order valence-corrected chi connectivity index (χ0v) is 16.3. The minimum Gasteiger partial charge on any atom is -0.497 e. The van der Waals surface area contributed by atoms with E-state index in [0.29, 0.717) is 0 Å². The van der Waals surface area contributed by atoms with Crippen molar-refractivity contribution in [3.63, 3.8) is 0 Å². The Morgan fingerprint density at radius 3 is 2.57 bits per heavy atom. The van der Waals surface area contributed by atoms with Crippen LogP contribution in [0.15, 0.2) is 79.1 Å². The van der Waals surface area contributed by atoms with E-state index in [2.05, 4.69) is 71.8 Å². The zero-order valence-electron chi connectivity index (χ0n) is 16.3. The predicted octanol–water partition coefficient (Wildman–Crippen LogP) is 5.51. The van der Waals surface area contributed by atoms with Gasteiger partial charge in [0.2, 0.25) is 0 Å². The topological polar surface area (TPSA) is 34.1 Å². The molecule has 0 saturated carbocycles. The zero-order chi connectivity index (χ0) is 19.3. The fourth-order valence-corrected chi connectivity index (χ4v) is 3.51. The van der Waals surface area contributed by atoms with Crippen molar-refractivity contribution >= 4 is 10.8 Å². The molecule has 0 bridgehead atoms. The molecule has 0 atom stereocenters. The number of methoxy groups -OCH3 is 1. The highest BCUT2D eigenvalue weighted by Gasteiger charge is 2.08. The number of fused-ring (bicyclic) bond motifs is 1. The fraction of sp³-hybridized carbons (Fsp3) is 0.160. The number of pyridine rings is 1. The van der Waals surface area contributed by atoms with Gasteiger partial charge in [0, 0.05) is 30.9 Å². The minimum atomic E-state index is 0.785. The van der Waals surface area contributed by atoms with Gasteiger partial charge in [-0.3, -0.25) is 4.98 Å². The van der Waals surface area contributed by atoms with Gasteiger partial charge in [0.05, 0.1) is 7.11 Å². The first-order valence-corrected chi connectivity index (χ1v) is 9.51. The average molecular weight is 368 g/mol. The lowest BCUT2D eigenvalue weighted by Gasteiger charge is -2.13. The van der Waals surface area contributed by atoms with Gasteiger partial charge in [0.1, 0.15) is 5.75 Å². The molecule has 1 aromatic heterocycles. The molecule has 0 amide bonds. The molecule has 0 aliphatic rings. The monoisotopic (exact) mass is 368 g/mol. The third-order valence-electron chi connectivity index (χ3n) is 5.05. The minimum absolute atomic E-state index is 0.785. The fourth-order valence-electron chi connectivity index (χ4n) is 3.51. The van der Waals surface area contributed by atoms with Crippen LogP contribution >= 0.6 is 0 Å². The smallest absolute Gasteiger partial charge is 0.119 e. The molecule has 3 aromatic carbocycles. The summed E-state index contributed by atoms with van der Waals surface area (Å²) >= 11 is 0. The normalized spacial score (nSPS) is 10.9. The van der Waals surface area contributed by atoms with Crippen LogP contribution in [0.5, 0.6) is 5.75 Å². The van der Waals surface area contributed by atoms with Crippen molar-refractivity contribution in [3.8, 4) is 16.9 Å². The maximum absolute atomic E-state index is 5.30. The van der Waals surface area contributed by atoms with E-state index in [4.69, 9.17) is 4.74 Å². The van der Waals surface area contributed by atoms with Gasteiger partial charge >= 0.3 is 0 Å². The molecule has 0 aliphatic carbocycles. The van der Waals surface area contributed by atoms with Gasteiger partial charge in [-0.25, -0.2) is 0 Å². The SMILES string of the molecule is COc1cccc(CNCc2ccc(-c3ccc(C)cc3)c3ccncc23)c1. The summed E-state index contributed by atoms with van der Waals surface area (Å²) in [6.45, 7) is 3.69. The molecule has 1 N–H and O–H groups in total. The molecule has 3 heteroatoms. The van der Waals surface area contributed by atoms with E-state index in [1.54, 1.807) is 7.11 Å². The van der Waals surface area contributed by atoms with E-state index in [1.165, 1.54) is 38.6 Å². The summed E-state index contributed by atoms with van der Waals surface area (Å²) in [6, 6.07) is 23.4. The largest absolute Gasteiger partial charge is 0.497 e. The summed E-state index contributed by atoms with van der Waals surface area (Å²) in [5, 5.41) is 5.97. The van der Waals surface area contributed by atoms with Crippen molar-refractivity contribution < 1.29 is 4.74 Å². The Balaban J connectivity index is 1.58. The van der Waals surface area contributed by atoms with Crippen LogP contribution in [0, 0.1) is 6.92 Å². The second kappa shape index (κ2) is 8.24. The molecule has 3 nitrogen and oxygen atoms in total. The third-order valence-corrected chi connectivity index (χ3v) is 5.05. The highest BCUT2D eigenvalue weighted by Crippen LogP contribution is 2.30.